The molecular weight excluding hydrogens is 537 g/mol. The summed E-state index contributed by atoms with van der Waals surface area (Å²) in [5.41, 5.74) is 12.4. The van der Waals surface area contributed by atoms with E-state index >= 15 is 0 Å². The summed E-state index contributed by atoms with van der Waals surface area (Å²) in [6, 6.07) is 13.5. The summed E-state index contributed by atoms with van der Waals surface area (Å²) in [5, 5.41) is 37.0. The Kier molecular flexibility index (Phi) is 10.7. The second kappa shape index (κ2) is 13.3. The summed E-state index contributed by atoms with van der Waals surface area (Å²) in [5.74, 6) is -2.84. The molecule has 1 amide bonds. The van der Waals surface area contributed by atoms with Crippen LogP contribution in [0.25, 0.3) is 0 Å². The van der Waals surface area contributed by atoms with Crippen molar-refractivity contribution in [2.75, 3.05) is 24.5 Å². The normalized spacial score (nSPS) is 15.2. The van der Waals surface area contributed by atoms with E-state index in [9.17, 15) is 33.6 Å². The standard InChI is InChI=1S/C23H26N6O2S.C2HF3O2/c1-2-16-17(12-24)21(29-10-8-23(31,14-26)9-11-29)28-22(18(16)13-25)32-19(20(27)30)15-6-4-3-5-7-15;3-2(4,5)1(6)7/h3-7,19,31H,2,8-11,14,26H2,1H3,(H2,27,30);(H,6,7). The number of carboxylic acid groups (broad SMARTS) is 1. The van der Waals surface area contributed by atoms with Crippen LogP contribution < -0.4 is 16.4 Å². The SMILES string of the molecule is CCc1c(C#N)c(SC(C(N)=O)c2ccccc2)nc(N2CCC(O)(CN)CC2)c1C#N.O=C(O)C(F)(F)F. The number of nitrogens with zero attached hydrogens (tertiary/aromatic N) is 4. The summed E-state index contributed by atoms with van der Waals surface area (Å²) in [6.45, 7) is 3.01. The number of thioether (sulfide) groups is 1. The molecule has 0 bridgehead atoms. The minimum absolute atomic E-state index is 0.172. The molecule has 6 N–H and O–H groups in total. The molecule has 1 atom stereocenters. The predicted molar refractivity (Wildman–Crippen MR) is 136 cm³/mol. The maximum absolute atomic E-state index is 12.3. The number of anilines is 1. The number of amides is 1. The number of pyridine rings is 1. The largest absolute Gasteiger partial charge is 0.490 e. The number of hydrogen-bond acceptors (Lipinski definition) is 9. The molecule has 0 aliphatic carbocycles. The van der Waals surface area contributed by atoms with Crippen molar-refractivity contribution in [3.8, 4) is 12.1 Å². The third-order valence-electron chi connectivity index (χ3n) is 6.03. The lowest BCUT2D eigenvalue weighted by Crippen LogP contribution is -2.49. The highest BCUT2D eigenvalue weighted by atomic mass is 32.2. The van der Waals surface area contributed by atoms with Crippen molar-refractivity contribution in [2.24, 2.45) is 11.5 Å². The maximum Gasteiger partial charge on any atom is 0.490 e. The number of carboxylic acids is 1. The molecule has 1 aliphatic heterocycles. The number of hydrogen-bond donors (Lipinski definition) is 4. The van der Waals surface area contributed by atoms with Gasteiger partial charge in [-0.1, -0.05) is 49.0 Å². The third-order valence-corrected chi connectivity index (χ3v) is 7.29. The van der Waals surface area contributed by atoms with Crippen LogP contribution in [-0.4, -0.2) is 58.5 Å². The predicted octanol–water partition coefficient (Wildman–Crippen LogP) is 2.63. The molecule has 2 heterocycles. The number of aliphatic carboxylic acids is 1. The lowest BCUT2D eigenvalue weighted by molar-refractivity contribution is -0.192. The van der Waals surface area contributed by atoms with Gasteiger partial charge in [0, 0.05) is 19.6 Å². The molecular formula is C25H27F3N6O4S. The highest BCUT2D eigenvalue weighted by Crippen LogP contribution is 2.40. The molecule has 1 aromatic carbocycles. The van der Waals surface area contributed by atoms with Crippen molar-refractivity contribution in [1.82, 2.24) is 4.98 Å². The van der Waals surface area contributed by atoms with Gasteiger partial charge in [-0.3, -0.25) is 4.79 Å². The molecule has 1 fully saturated rings. The van der Waals surface area contributed by atoms with E-state index in [2.05, 4.69) is 12.1 Å². The zero-order chi connectivity index (χ0) is 29.4. The van der Waals surface area contributed by atoms with Crippen LogP contribution in [0.4, 0.5) is 19.0 Å². The summed E-state index contributed by atoms with van der Waals surface area (Å²) in [6.07, 6.45) is -3.72. The topological polar surface area (TPSA) is 190 Å². The first-order valence-corrected chi connectivity index (χ1v) is 12.5. The van der Waals surface area contributed by atoms with Crippen molar-refractivity contribution in [3.63, 3.8) is 0 Å². The van der Waals surface area contributed by atoms with Crippen LogP contribution in [0.3, 0.4) is 0 Å². The summed E-state index contributed by atoms with van der Waals surface area (Å²) in [4.78, 5) is 27.8. The number of nitriles is 2. The molecule has 2 aromatic rings. The van der Waals surface area contributed by atoms with E-state index in [0.717, 1.165) is 11.8 Å². The zero-order valence-electron chi connectivity index (χ0n) is 20.9. The molecule has 1 saturated heterocycles. The molecule has 0 saturated carbocycles. The monoisotopic (exact) mass is 564 g/mol. The number of piperidine rings is 1. The lowest BCUT2D eigenvalue weighted by Gasteiger charge is -2.38. The number of rotatable bonds is 7. The van der Waals surface area contributed by atoms with E-state index in [1.54, 1.807) is 12.1 Å². The first-order chi connectivity index (χ1) is 18.3. The molecule has 14 heteroatoms. The number of aromatic nitrogens is 1. The van der Waals surface area contributed by atoms with Gasteiger partial charge in [-0.15, -0.1) is 0 Å². The number of alkyl halides is 3. The Labute approximate surface area is 227 Å². The van der Waals surface area contributed by atoms with Gasteiger partial charge in [0.2, 0.25) is 5.91 Å². The fraction of sp³-hybridized carbons (Fsp3) is 0.400. The number of aliphatic hydroxyl groups is 1. The Morgan fingerprint density at radius 3 is 2.13 bits per heavy atom. The van der Waals surface area contributed by atoms with E-state index in [-0.39, 0.29) is 12.1 Å². The molecule has 1 unspecified atom stereocenters. The van der Waals surface area contributed by atoms with Crippen LogP contribution in [0.15, 0.2) is 35.4 Å². The van der Waals surface area contributed by atoms with E-state index in [1.165, 1.54) is 0 Å². The van der Waals surface area contributed by atoms with Crippen LogP contribution in [0.2, 0.25) is 0 Å². The van der Waals surface area contributed by atoms with Gasteiger partial charge in [-0.25, -0.2) is 9.78 Å². The second-order valence-corrected chi connectivity index (χ2v) is 9.67. The fourth-order valence-corrected chi connectivity index (χ4v) is 4.92. The second-order valence-electron chi connectivity index (χ2n) is 8.58. The summed E-state index contributed by atoms with van der Waals surface area (Å²) >= 11 is 1.12. The molecule has 3 rings (SSSR count). The zero-order valence-corrected chi connectivity index (χ0v) is 21.7. The van der Waals surface area contributed by atoms with Crippen molar-refractivity contribution >= 4 is 29.5 Å². The summed E-state index contributed by atoms with van der Waals surface area (Å²) < 4.78 is 31.7. The Bertz CT molecular complexity index is 1270. The number of carbonyl (C=O) groups excluding carboxylic acids is 1. The molecule has 10 nitrogen and oxygen atoms in total. The number of carbonyl (C=O) groups is 2. The van der Waals surface area contributed by atoms with Crippen molar-refractivity contribution in [2.45, 2.75) is 48.2 Å². The minimum atomic E-state index is -5.08. The van der Waals surface area contributed by atoms with Gasteiger partial charge in [0.1, 0.15) is 28.2 Å². The van der Waals surface area contributed by atoms with Crippen LogP contribution in [0.1, 0.15) is 47.3 Å². The third kappa shape index (κ3) is 7.83. The number of benzene rings is 1. The van der Waals surface area contributed by atoms with Crippen molar-refractivity contribution < 1.29 is 33.0 Å². The number of nitrogens with two attached hydrogens (primary N) is 2. The number of primary amides is 1. The highest BCUT2D eigenvalue weighted by molar-refractivity contribution is 8.00. The van der Waals surface area contributed by atoms with Gasteiger partial charge in [-0.2, -0.15) is 23.7 Å². The first-order valence-electron chi connectivity index (χ1n) is 11.7. The number of halogens is 3. The Hall–Kier alpha value is -3.85. The highest BCUT2D eigenvalue weighted by Gasteiger charge is 2.38. The quantitative estimate of drug-likeness (QED) is 0.364. The van der Waals surface area contributed by atoms with E-state index in [1.807, 2.05) is 30.0 Å². The van der Waals surface area contributed by atoms with E-state index in [0.29, 0.717) is 59.9 Å². The van der Waals surface area contributed by atoms with Gasteiger partial charge in [0.25, 0.3) is 0 Å². The molecule has 1 aromatic heterocycles. The van der Waals surface area contributed by atoms with E-state index < -0.39 is 28.9 Å². The molecule has 1 aliphatic rings. The smallest absolute Gasteiger partial charge is 0.475 e. The molecule has 0 radical (unpaired) electrons. The van der Waals surface area contributed by atoms with Gasteiger partial charge < -0.3 is 26.6 Å². The first kappa shape index (κ1) is 31.4. The van der Waals surface area contributed by atoms with Crippen molar-refractivity contribution in [1.29, 1.82) is 10.5 Å². The lowest BCUT2D eigenvalue weighted by atomic mass is 9.91. The van der Waals surface area contributed by atoms with Crippen LogP contribution in [-0.2, 0) is 16.0 Å². The van der Waals surface area contributed by atoms with Crippen LogP contribution >= 0.6 is 11.8 Å². The van der Waals surface area contributed by atoms with Gasteiger partial charge in [-0.05, 0) is 30.4 Å². The Balaban J connectivity index is 0.000000673. The molecule has 0 spiro atoms. The van der Waals surface area contributed by atoms with Gasteiger partial charge in [0.15, 0.2) is 0 Å². The molecule has 39 heavy (non-hydrogen) atoms. The van der Waals surface area contributed by atoms with E-state index in [4.69, 9.17) is 26.4 Å². The van der Waals surface area contributed by atoms with Crippen LogP contribution in [0, 0.1) is 22.7 Å². The summed E-state index contributed by atoms with van der Waals surface area (Å²) in [7, 11) is 0. The average Bonchev–Trinajstić information content (AvgIpc) is 2.91. The maximum atomic E-state index is 12.3. The van der Waals surface area contributed by atoms with Crippen molar-refractivity contribution in [3.05, 3.63) is 52.6 Å². The van der Waals surface area contributed by atoms with Crippen LogP contribution in [0.5, 0.6) is 0 Å². The minimum Gasteiger partial charge on any atom is -0.475 e. The average molecular weight is 565 g/mol. The van der Waals surface area contributed by atoms with Gasteiger partial charge in [0.05, 0.1) is 16.7 Å². The fourth-order valence-electron chi connectivity index (χ4n) is 3.87. The Morgan fingerprint density at radius 2 is 1.72 bits per heavy atom. The molecule has 208 valence electrons. The Morgan fingerprint density at radius 1 is 1.18 bits per heavy atom. The van der Waals surface area contributed by atoms with Gasteiger partial charge >= 0.3 is 12.1 Å².